The molecule has 3 aromatic rings. The van der Waals surface area contributed by atoms with Gasteiger partial charge < -0.3 is 10.2 Å². The summed E-state index contributed by atoms with van der Waals surface area (Å²) in [6.07, 6.45) is 6.44. The molecule has 0 aromatic heterocycles. The maximum absolute atomic E-state index is 13.4. The Hall–Kier alpha value is -3.35. The van der Waals surface area contributed by atoms with Crippen LogP contribution in [0.25, 0.3) is 6.08 Å². The predicted octanol–water partition coefficient (Wildman–Crippen LogP) is 5.63. The topological polar surface area (TPSA) is 52.7 Å². The number of nitrogens with one attached hydrogen (secondary N) is 1. The monoisotopic (exact) mass is 525 g/mol. The average molecular weight is 526 g/mol. The van der Waals surface area contributed by atoms with Crippen LogP contribution in [0.15, 0.2) is 94.7 Å². The van der Waals surface area contributed by atoms with Gasteiger partial charge in [-0.3, -0.25) is 14.5 Å². The van der Waals surface area contributed by atoms with Crippen molar-refractivity contribution in [3.63, 3.8) is 0 Å². The molecule has 196 valence electrons. The van der Waals surface area contributed by atoms with E-state index in [1.807, 2.05) is 60.7 Å². The molecule has 5 nitrogen and oxygen atoms in total. The Morgan fingerprint density at radius 3 is 2.37 bits per heavy atom. The zero-order chi connectivity index (χ0) is 26.2. The SMILES string of the molecule is O=C(CN1C(=O)/C(=C/c2ccccc2)Sc2ccccc21)NCCCN1CCC(Cc2ccccc2)CC1. The first kappa shape index (κ1) is 26.3. The molecule has 1 saturated heterocycles. The Bertz CT molecular complexity index is 1250. The fourth-order valence-electron chi connectivity index (χ4n) is 5.21. The maximum atomic E-state index is 13.4. The van der Waals surface area contributed by atoms with E-state index in [1.54, 1.807) is 4.90 Å². The molecule has 0 aliphatic carbocycles. The van der Waals surface area contributed by atoms with Gasteiger partial charge in [0.1, 0.15) is 6.54 Å². The summed E-state index contributed by atoms with van der Waals surface area (Å²) in [5.41, 5.74) is 3.20. The van der Waals surface area contributed by atoms with Gasteiger partial charge in [0.2, 0.25) is 5.91 Å². The summed E-state index contributed by atoms with van der Waals surface area (Å²) in [7, 11) is 0. The molecule has 5 rings (SSSR count). The van der Waals surface area contributed by atoms with Crippen LogP contribution >= 0.6 is 11.8 Å². The quantitative estimate of drug-likeness (QED) is 0.291. The lowest BCUT2D eigenvalue weighted by molar-refractivity contribution is -0.122. The van der Waals surface area contributed by atoms with Gasteiger partial charge in [0.15, 0.2) is 0 Å². The molecule has 2 heterocycles. The molecule has 6 heteroatoms. The van der Waals surface area contributed by atoms with Crippen LogP contribution in [0.4, 0.5) is 5.69 Å². The van der Waals surface area contributed by atoms with E-state index in [9.17, 15) is 9.59 Å². The second-order valence-electron chi connectivity index (χ2n) is 10.1. The number of nitrogens with zero attached hydrogens (tertiary/aromatic N) is 2. The van der Waals surface area contributed by atoms with Crippen LogP contribution in [0.2, 0.25) is 0 Å². The predicted molar refractivity (Wildman–Crippen MR) is 156 cm³/mol. The van der Waals surface area contributed by atoms with Crippen molar-refractivity contribution in [1.29, 1.82) is 0 Å². The van der Waals surface area contributed by atoms with Gasteiger partial charge in [-0.2, -0.15) is 0 Å². The number of carbonyl (C=O) groups excluding carboxylic acids is 2. The van der Waals surface area contributed by atoms with Crippen molar-refractivity contribution in [1.82, 2.24) is 10.2 Å². The van der Waals surface area contributed by atoms with E-state index in [0.717, 1.165) is 48.1 Å². The van der Waals surface area contributed by atoms with Crippen LogP contribution in [-0.2, 0) is 16.0 Å². The number of amides is 2. The Labute approximate surface area is 229 Å². The fraction of sp³-hybridized carbons (Fsp3) is 0.312. The molecular formula is C32H35N3O2S. The zero-order valence-corrected chi connectivity index (χ0v) is 22.5. The standard InChI is InChI=1S/C32H35N3O2S/c36-31(33-18-9-19-34-20-16-27(17-21-34)22-25-10-3-1-4-11-25)24-35-28-14-7-8-15-29(28)38-30(32(35)37)23-26-12-5-2-6-13-26/h1-8,10-15,23,27H,9,16-22,24H2,(H,33,36)/b30-23-. The van der Waals surface area contributed by atoms with Gasteiger partial charge >= 0.3 is 0 Å². The summed E-state index contributed by atoms with van der Waals surface area (Å²) in [4.78, 5) is 31.9. The Balaban J connectivity index is 1.09. The lowest BCUT2D eigenvalue weighted by Gasteiger charge is -2.32. The van der Waals surface area contributed by atoms with Crippen molar-refractivity contribution in [2.75, 3.05) is 37.6 Å². The molecule has 38 heavy (non-hydrogen) atoms. The fourth-order valence-corrected chi connectivity index (χ4v) is 6.27. The molecular weight excluding hydrogens is 490 g/mol. The third kappa shape index (κ3) is 6.94. The van der Waals surface area contributed by atoms with Gasteiger partial charge in [-0.15, -0.1) is 0 Å². The van der Waals surface area contributed by atoms with Crippen LogP contribution in [0.1, 0.15) is 30.4 Å². The van der Waals surface area contributed by atoms with E-state index in [1.165, 1.54) is 36.6 Å². The molecule has 3 aromatic carbocycles. The highest BCUT2D eigenvalue weighted by Gasteiger charge is 2.30. The maximum Gasteiger partial charge on any atom is 0.265 e. The van der Waals surface area contributed by atoms with Crippen molar-refractivity contribution in [2.45, 2.75) is 30.6 Å². The van der Waals surface area contributed by atoms with Gasteiger partial charge in [0.05, 0.1) is 10.6 Å². The second kappa shape index (κ2) is 12.9. The number of likely N-dealkylation sites (tertiary alicyclic amines) is 1. The smallest absolute Gasteiger partial charge is 0.265 e. The first-order valence-electron chi connectivity index (χ1n) is 13.5. The molecule has 0 saturated carbocycles. The van der Waals surface area contributed by atoms with E-state index in [-0.39, 0.29) is 18.4 Å². The summed E-state index contributed by atoms with van der Waals surface area (Å²) in [5, 5.41) is 3.04. The van der Waals surface area contributed by atoms with Crippen molar-refractivity contribution in [3.8, 4) is 0 Å². The van der Waals surface area contributed by atoms with Crippen molar-refractivity contribution >= 4 is 35.3 Å². The normalized spacial score (nSPS) is 17.4. The van der Waals surface area contributed by atoms with E-state index < -0.39 is 0 Å². The molecule has 1 fully saturated rings. The minimum atomic E-state index is -0.133. The zero-order valence-electron chi connectivity index (χ0n) is 21.7. The lowest BCUT2D eigenvalue weighted by atomic mass is 9.90. The van der Waals surface area contributed by atoms with Crippen LogP contribution in [0, 0.1) is 5.92 Å². The van der Waals surface area contributed by atoms with Gasteiger partial charge in [-0.05, 0) is 80.6 Å². The van der Waals surface area contributed by atoms with E-state index in [4.69, 9.17) is 0 Å². The van der Waals surface area contributed by atoms with E-state index in [2.05, 4.69) is 40.5 Å². The number of anilines is 1. The van der Waals surface area contributed by atoms with Crippen LogP contribution in [-0.4, -0.2) is 49.4 Å². The first-order chi connectivity index (χ1) is 18.7. The second-order valence-corrected chi connectivity index (χ2v) is 11.1. The molecule has 0 atom stereocenters. The number of hydrogen-bond acceptors (Lipinski definition) is 4. The third-order valence-electron chi connectivity index (χ3n) is 7.28. The summed E-state index contributed by atoms with van der Waals surface area (Å²) in [5.74, 6) is 0.504. The number of para-hydroxylation sites is 1. The summed E-state index contributed by atoms with van der Waals surface area (Å²) < 4.78 is 0. The Kier molecular flexibility index (Phi) is 8.94. The summed E-state index contributed by atoms with van der Waals surface area (Å²) in [6.45, 7) is 3.88. The largest absolute Gasteiger partial charge is 0.355 e. The van der Waals surface area contributed by atoms with Gasteiger partial charge in [-0.1, -0.05) is 84.6 Å². The molecule has 2 amide bonds. The van der Waals surface area contributed by atoms with Crippen molar-refractivity contribution in [2.24, 2.45) is 5.92 Å². The minimum absolute atomic E-state index is 0.0212. The summed E-state index contributed by atoms with van der Waals surface area (Å²) >= 11 is 1.46. The molecule has 0 bridgehead atoms. The molecule has 2 aliphatic rings. The van der Waals surface area contributed by atoms with Crippen LogP contribution in [0.5, 0.6) is 0 Å². The number of hydrogen-bond donors (Lipinski definition) is 1. The highest BCUT2D eigenvalue weighted by atomic mass is 32.2. The average Bonchev–Trinajstić information content (AvgIpc) is 2.95. The van der Waals surface area contributed by atoms with E-state index in [0.29, 0.717) is 11.4 Å². The number of fused-ring (bicyclic) bond motifs is 1. The van der Waals surface area contributed by atoms with Crippen molar-refractivity contribution in [3.05, 3.63) is 101 Å². The Morgan fingerprint density at radius 2 is 1.61 bits per heavy atom. The minimum Gasteiger partial charge on any atom is -0.355 e. The van der Waals surface area contributed by atoms with E-state index >= 15 is 0 Å². The number of piperidine rings is 1. The van der Waals surface area contributed by atoms with Crippen LogP contribution in [0.3, 0.4) is 0 Å². The molecule has 0 radical (unpaired) electrons. The molecule has 1 N–H and O–H groups in total. The molecule has 0 spiro atoms. The Morgan fingerprint density at radius 1 is 0.921 bits per heavy atom. The third-order valence-corrected chi connectivity index (χ3v) is 8.36. The van der Waals surface area contributed by atoms with Gasteiger partial charge in [0.25, 0.3) is 5.91 Å². The first-order valence-corrected chi connectivity index (χ1v) is 14.4. The number of rotatable bonds is 9. The number of thioether (sulfide) groups is 1. The number of carbonyl (C=O) groups is 2. The molecule has 0 unspecified atom stereocenters. The van der Waals surface area contributed by atoms with Gasteiger partial charge in [0, 0.05) is 11.4 Å². The van der Waals surface area contributed by atoms with Gasteiger partial charge in [-0.25, -0.2) is 0 Å². The van der Waals surface area contributed by atoms with Crippen molar-refractivity contribution < 1.29 is 9.59 Å². The lowest BCUT2D eigenvalue weighted by Crippen LogP contribution is -2.43. The highest BCUT2D eigenvalue weighted by Crippen LogP contribution is 2.41. The summed E-state index contributed by atoms with van der Waals surface area (Å²) in [6, 6.07) is 28.4. The molecule has 2 aliphatic heterocycles. The highest BCUT2D eigenvalue weighted by molar-refractivity contribution is 8.04. The number of benzene rings is 3. The van der Waals surface area contributed by atoms with Crippen LogP contribution < -0.4 is 10.2 Å².